The Balaban J connectivity index is 2.36. The first-order chi connectivity index (χ1) is 8.80. The van der Waals surface area contributed by atoms with E-state index < -0.39 is 0 Å². The Kier molecular flexibility index (Phi) is 6.74. The van der Waals surface area contributed by atoms with Gasteiger partial charge in [-0.05, 0) is 6.42 Å². The van der Waals surface area contributed by atoms with Crippen LogP contribution in [0.5, 0.6) is 12.0 Å². The second-order valence-electron chi connectivity index (χ2n) is 3.39. The van der Waals surface area contributed by atoms with Crippen molar-refractivity contribution in [3.05, 3.63) is 0 Å². The van der Waals surface area contributed by atoms with Crippen molar-refractivity contribution in [3.63, 3.8) is 0 Å². The molecule has 0 spiro atoms. The lowest BCUT2D eigenvalue weighted by atomic mass is 10.4. The average Bonchev–Trinajstić information content (AvgIpc) is 2.42. The smallest absolute Gasteiger partial charge is 0.324 e. The third-order valence-corrected chi connectivity index (χ3v) is 2.01. The lowest BCUT2D eigenvalue weighted by Gasteiger charge is -2.07. The van der Waals surface area contributed by atoms with E-state index in [1.165, 1.54) is 7.11 Å². The molecule has 1 rings (SSSR count). The van der Waals surface area contributed by atoms with Crippen molar-refractivity contribution in [2.24, 2.45) is 5.84 Å². The van der Waals surface area contributed by atoms with Gasteiger partial charge in [0.25, 0.3) is 0 Å². The van der Waals surface area contributed by atoms with Crippen LogP contribution in [0.3, 0.4) is 0 Å². The summed E-state index contributed by atoms with van der Waals surface area (Å²) in [6.07, 6.45) is 2.15. The molecule has 0 aliphatic carbocycles. The average molecular weight is 257 g/mol. The summed E-state index contributed by atoms with van der Waals surface area (Å²) < 4.78 is 15.5. The highest BCUT2D eigenvalue weighted by Gasteiger charge is 2.06. The van der Waals surface area contributed by atoms with Crippen molar-refractivity contribution in [2.45, 2.75) is 19.8 Å². The van der Waals surface area contributed by atoms with Crippen molar-refractivity contribution in [2.75, 3.05) is 32.4 Å². The molecule has 0 saturated carbocycles. The van der Waals surface area contributed by atoms with E-state index in [2.05, 4.69) is 27.3 Å². The minimum Gasteiger partial charge on any atom is -0.467 e. The van der Waals surface area contributed by atoms with E-state index >= 15 is 0 Å². The first-order valence-electron chi connectivity index (χ1n) is 5.77. The van der Waals surface area contributed by atoms with E-state index in [9.17, 15) is 0 Å². The molecule has 0 unspecified atom stereocenters. The van der Waals surface area contributed by atoms with E-state index in [0.29, 0.717) is 13.2 Å². The zero-order valence-corrected chi connectivity index (χ0v) is 10.7. The molecule has 1 aromatic heterocycles. The Morgan fingerprint density at radius 2 is 1.89 bits per heavy atom. The lowest BCUT2D eigenvalue weighted by Crippen LogP contribution is -2.14. The molecule has 0 aliphatic rings. The van der Waals surface area contributed by atoms with Crippen molar-refractivity contribution in [1.29, 1.82) is 0 Å². The maximum absolute atomic E-state index is 5.34. The monoisotopic (exact) mass is 257 g/mol. The first kappa shape index (κ1) is 14.4. The van der Waals surface area contributed by atoms with Gasteiger partial charge in [-0.3, -0.25) is 5.43 Å². The van der Waals surface area contributed by atoms with Gasteiger partial charge in [0.1, 0.15) is 6.61 Å². The molecule has 0 bridgehead atoms. The topological polar surface area (TPSA) is 104 Å². The van der Waals surface area contributed by atoms with Crippen LogP contribution >= 0.6 is 0 Å². The molecule has 0 aliphatic heterocycles. The molecular weight excluding hydrogens is 238 g/mol. The summed E-state index contributed by atoms with van der Waals surface area (Å²) in [5.41, 5.74) is 2.31. The number of unbranched alkanes of at least 4 members (excludes halogenated alkanes) is 1. The zero-order chi connectivity index (χ0) is 13.2. The van der Waals surface area contributed by atoms with Crippen LogP contribution in [0.15, 0.2) is 0 Å². The summed E-state index contributed by atoms with van der Waals surface area (Å²) in [7, 11) is 1.45. The second-order valence-corrected chi connectivity index (χ2v) is 3.39. The number of methoxy groups -OCH3 is 1. The van der Waals surface area contributed by atoms with Crippen molar-refractivity contribution >= 4 is 5.95 Å². The molecule has 0 saturated heterocycles. The van der Waals surface area contributed by atoms with E-state index in [-0.39, 0.29) is 18.0 Å². The van der Waals surface area contributed by atoms with Crippen LogP contribution in [-0.4, -0.2) is 41.9 Å². The number of nitrogens with one attached hydrogen (secondary N) is 1. The molecule has 18 heavy (non-hydrogen) atoms. The number of aromatic nitrogens is 3. The predicted octanol–water partition coefficient (Wildman–Crippen LogP) is 0.361. The summed E-state index contributed by atoms with van der Waals surface area (Å²) in [6.45, 7) is 3.69. The number of hydrogen-bond acceptors (Lipinski definition) is 8. The van der Waals surface area contributed by atoms with Gasteiger partial charge in [-0.15, -0.1) is 4.98 Å². The van der Waals surface area contributed by atoms with E-state index in [1.54, 1.807) is 0 Å². The highest BCUT2D eigenvalue weighted by atomic mass is 16.5. The molecule has 1 aromatic rings. The number of nitrogens with two attached hydrogens (primary N) is 1. The molecule has 0 amide bonds. The lowest BCUT2D eigenvalue weighted by molar-refractivity contribution is 0.0943. The molecule has 1 heterocycles. The van der Waals surface area contributed by atoms with Crippen LogP contribution in [0.4, 0.5) is 5.95 Å². The van der Waals surface area contributed by atoms with Crippen LogP contribution in [-0.2, 0) is 4.74 Å². The normalized spacial score (nSPS) is 10.2. The number of anilines is 1. The van der Waals surface area contributed by atoms with Gasteiger partial charge < -0.3 is 14.2 Å². The number of nitrogens with zero attached hydrogens (tertiary/aromatic N) is 3. The van der Waals surface area contributed by atoms with Crippen LogP contribution in [0.1, 0.15) is 19.8 Å². The number of rotatable bonds is 9. The summed E-state index contributed by atoms with van der Waals surface area (Å²) in [5.74, 6) is 5.40. The summed E-state index contributed by atoms with van der Waals surface area (Å²) in [5, 5.41) is 0. The number of hydrogen-bond donors (Lipinski definition) is 2. The fourth-order valence-electron chi connectivity index (χ4n) is 1.10. The van der Waals surface area contributed by atoms with E-state index in [1.807, 2.05) is 0 Å². The zero-order valence-electron chi connectivity index (χ0n) is 10.7. The van der Waals surface area contributed by atoms with Crippen LogP contribution in [0.2, 0.25) is 0 Å². The molecule has 8 nitrogen and oxygen atoms in total. The molecule has 102 valence electrons. The number of ether oxygens (including phenoxy) is 3. The minimum absolute atomic E-state index is 0.139. The summed E-state index contributed by atoms with van der Waals surface area (Å²) in [6, 6.07) is 0.286. The number of nitrogen functional groups attached to an aromatic ring is 1. The molecule has 0 atom stereocenters. The van der Waals surface area contributed by atoms with Crippen LogP contribution in [0, 0.1) is 0 Å². The van der Waals surface area contributed by atoms with Crippen molar-refractivity contribution < 1.29 is 14.2 Å². The van der Waals surface area contributed by atoms with Crippen molar-refractivity contribution in [3.8, 4) is 12.0 Å². The molecule has 3 N–H and O–H groups in total. The SMILES string of the molecule is CCCCOCCOc1nc(NN)nc(OC)n1. The highest BCUT2D eigenvalue weighted by Crippen LogP contribution is 2.11. The van der Waals surface area contributed by atoms with E-state index in [0.717, 1.165) is 19.4 Å². The Morgan fingerprint density at radius 1 is 1.11 bits per heavy atom. The number of hydrazine groups is 1. The largest absolute Gasteiger partial charge is 0.467 e. The van der Waals surface area contributed by atoms with Gasteiger partial charge in [-0.25, -0.2) is 5.84 Å². The fraction of sp³-hybridized carbons (Fsp3) is 0.700. The van der Waals surface area contributed by atoms with Gasteiger partial charge in [0, 0.05) is 6.61 Å². The van der Waals surface area contributed by atoms with Crippen molar-refractivity contribution in [1.82, 2.24) is 15.0 Å². The minimum atomic E-state index is 0.139. The van der Waals surface area contributed by atoms with Gasteiger partial charge in [-0.2, -0.15) is 9.97 Å². The standard InChI is InChI=1S/C10H19N5O3/c1-3-4-5-17-6-7-18-10-13-8(15-11)12-9(14-10)16-2/h3-7,11H2,1-2H3,(H,12,13,14,15). The summed E-state index contributed by atoms with van der Waals surface area (Å²) in [4.78, 5) is 11.7. The maximum Gasteiger partial charge on any atom is 0.324 e. The fourth-order valence-corrected chi connectivity index (χ4v) is 1.10. The Hall–Kier alpha value is -1.67. The Bertz CT molecular complexity index is 328. The third-order valence-electron chi connectivity index (χ3n) is 2.01. The molecular formula is C10H19N5O3. The van der Waals surface area contributed by atoms with Gasteiger partial charge in [0.15, 0.2) is 0 Å². The van der Waals surface area contributed by atoms with E-state index in [4.69, 9.17) is 20.1 Å². The first-order valence-corrected chi connectivity index (χ1v) is 5.77. The van der Waals surface area contributed by atoms with Gasteiger partial charge in [0.05, 0.1) is 13.7 Å². The third kappa shape index (κ3) is 5.11. The van der Waals surface area contributed by atoms with Gasteiger partial charge >= 0.3 is 12.0 Å². The quantitative estimate of drug-likeness (QED) is 0.371. The molecule has 0 aromatic carbocycles. The molecule has 0 fully saturated rings. The Morgan fingerprint density at radius 3 is 2.56 bits per heavy atom. The van der Waals surface area contributed by atoms with Gasteiger partial charge in [0.2, 0.25) is 5.95 Å². The predicted molar refractivity (Wildman–Crippen MR) is 65.4 cm³/mol. The second kappa shape index (κ2) is 8.43. The van der Waals surface area contributed by atoms with Crippen LogP contribution in [0.25, 0.3) is 0 Å². The van der Waals surface area contributed by atoms with Gasteiger partial charge in [-0.1, -0.05) is 13.3 Å². The molecule has 8 heteroatoms. The van der Waals surface area contributed by atoms with Crippen LogP contribution < -0.4 is 20.7 Å². The highest BCUT2D eigenvalue weighted by molar-refractivity contribution is 5.25. The Labute approximate surface area is 106 Å². The maximum atomic E-state index is 5.34. The molecule has 0 radical (unpaired) electrons. The summed E-state index contributed by atoms with van der Waals surface area (Å²) >= 11 is 0.